The average Bonchev–Trinajstić information content (AvgIpc) is 3.26. The molecule has 0 radical (unpaired) electrons. The second-order valence-corrected chi connectivity index (χ2v) is 7.61. The van der Waals surface area contributed by atoms with E-state index in [1.807, 2.05) is 0 Å². The van der Waals surface area contributed by atoms with Crippen molar-refractivity contribution in [2.24, 2.45) is 0 Å². The van der Waals surface area contributed by atoms with Gasteiger partial charge in [-0.15, -0.1) is 0 Å². The lowest BCUT2D eigenvalue weighted by Gasteiger charge is -2.21. The van der Waals surface area contributed by atoms with Crippen LogP contribution in [-0.2, 0) is 6.42 Å². The molecule has 1 atom stereocenters. The first-order valence-corrected chi connectivity index (χ1v) is 9.61. The molecule has 30 heavy (non-hydrogen) atoms. The monoisotopic (exact) mass is 430 g/mol. The zero-order chi connectivity index (χ0) is 21.6. The van der Waals surface area contributed by atoms with Crippen LogP contribution >= 0.6 is 11.6 Å². The Morgan fingerprint density at radius 1 is 1.20 bits per heavy atom. The number of carbonyl (C=O) groups excluding carboxylic acids is 1. The predicted octanol–water partition coefficient (Wildman–Crippen LogP) is 5.37. The van der Waals surface area contributed by atoms with Crippen molar-refractivity contribution in [1.29, 1.82) is 0 Å². The van der Waals surface area contributed by atoms with E-state index in [0.717, 1.165) is 12.1 Å². The minimum absolute atomic E-state index is 0.0756. The molecule has 1 unspecified atom stereocenters. The van der Waals surface area contributed by atoms with Crippen molar-refractivity contribution in [3.05, 3.63) is 82.0 Å². The number of carboxylic acid groups (broad SMARTS) is 1. The number of fused-ring (bicyclic) bond motifs is 1. The average molecular weight is 431 g/mol. The van der Waals surface area contributed by atoms with Gasteiger partial charge >= 0.3 is 6.09 Å². The van der Waals surface area contributed by atoms with E-state index in [-0.39, 0.29) is 5.56 Å². The molecule has 154 valence electrons. The third kappa shape index (κ3) is 3.35. The van der Waals surface area contributed by atoms with Gasteiger partial charge in [-0.1, -0.05) is 17.7 Å². The van der Waals surface area contributed by atoms with Gasteiger partial charge in [-0.2, -0.15) is 0 Å². The molecular weight excluding hydrogens is 414 g/mol. The van der Waals surface area contributed by atoms with Crippen molar-refractivity contribution in [1.82, 2.24) is 9.47 Å². The lowest BCUT2D eigenvalue weighted by molar-refractivity contribution is 0.0961. The number of halogens is 3. The van der Waals surface area contributed by atoms with Crippen LogP contribution in [0.4, 0.5) is 13.6 Å². The van der Waals surface area contributed by atoms with Crippen LogP contribution in [0.15, 0.2) is 48.7 Å². The molecule has 3 aromatic rings. The molecule has 1 amide bonds. The lowest BCUT2D eigenvalue weighted by Crippen LogP contribution is -2.28. The first-order chi connectivity index (χ1) is 14.3. The van der Waals surface area contributed by atoms with Crippen molar-refractivity contribution in [3.8, 4) is 11.3 Å². The Kier molecular flexibility index (Phi) is 5.07. The summed E-state index contributed by atoms with van der Waals surface area (Å²) in [4.78, 5) is 25.9. The van der Waals surface area contributed by atoms with Crippen LogP contribution in [0, 0.1) is 11.6 Å². The molecule has 0 spiro atoms. The van der Waals surface area contributed by atoms with Gasteiger partial charge in [0.05, 0.1) is 11.7 Å². The first-order valence-electron chi connectivity index (χ1n) is 9.23. The van der Waals surface area contributed by atoms with Gasteiger partial charge in [-0.25, -0.2) is 13.6 Å². The molecule has 2 aromatic carbocycles. The molecule has 1 aromatic heterocycles. The molecule has 0 saturated carbocycles. The summed E-state index contributed by atoms with van der Waals surface area (Å²) in [6, 6.07) is 9.06. The summed E-state index contributed by atoms with van der Waals surface area (Å²) in [6.07, 6.45) is 1.42. The van der Waals surface area contributed by atoms with Gasteiger partial charge in [-0.05, 0) is 54.3 Å². The molecule has 1 N–H and O–H groups in total. The minimum atomic E-state index is -1.10. The summed E-state index contributed by atoms with van der Waals surface area (Å²) < 4.78 is 29.5. The Morgan fingerprint density at radius 2 is 1.97 bits per heavy atom. The van der Waals surface area contributed by atoms with E-state index in [1.54, 1.807) is 24.4 Å². The van der Waals surface area contributed by atoms with E-state index in [4.69, 9.17) is 11.6 Å². The topological polar surface area (TPSA) is 62.5 Å². The summed E-state index contributed by atoms with van der Waals surface area (Å²) in [6.45, 7) is 0. The second kappa shape index (κ2) is 7.57. The molecule has 0 bridgehead atoms. The molecule has 4 rings (SSSR count). The van der Waals surface area contributed by atoms with Crippen LogP contribution in [0.3, 0.4) is 0 Å². The van der Waals surface area contributed by atoms with Gasteiger partial charge in [0.1, 0.15) is 11.6 Å². The van der Waals surface area contributed by atoms with Crippen LogP contribution in [0.1, 0.15) is 33.9 Å². The Bertz CT molecular complexity index is 1180. The van der Waals surface area contributed by atoms with Crippen molar-refractivity contribution < 1.29 is 23.5 Å². The number of amides is 1. The number of aromatic nitrogens is 1. The van der Waals surface area contributed by atoms with Gasteiger partial charge in [0.15, 0.2) is 0 Å². The van der Waals surface area contributed by atoms with Crippen LogP contribution in [0.25, 0.3) is 11.3 Å². The molecule has 1 aliphatic carbocycles. The summed E-state index contributed by atoms with van der Waals surface area (Å²) in [5, 5.41) is 9.76. The molecule has 0 saturated heterocycles. The number of hydrogen-bond donors (Lipinski definition) is 1. The van der Waals surface area contributed by atoms with E-state index in [9.17, 15) is 23.5 Å². The zero-order valence-corrected chi connectivity index (χ0v) is 16.7. The standard InChI is InChI=1S/C22H17ClF2N2O3/c1-26(22(29)30)19-8-7-15-17(19)11-27(21(28)12-3-2-4-13(23)9-12)20(15)16-6-5-14(24)10-18(16)25/h2-6,9-11,19H,7-8H2,1H3,(H,29,30). The van der Waals surface area contributed by atoms with E-state index in [1.165, 1.54) is 28.6 Å². The maximum absolute atomic E-state index is 14.7. The Labute approximate surface area is 176 Å². The number of carbonyl (C=O) groups is 2. The van der Waals surface area contributed by atoms with Gasteiger partial charge < -0.3 is 10.0 Å². The highest BCUT2D eigenvalue weighted by Crippen LogP contribution is 2.43. The normalized spacial score (nSPS) is 15.1. The zero-order valence-electron chi connectivity index (χ0n) is 15.9. The van der Waals surface area contributed by atoms with Crippen LogP contribution < -0.4 is 0 Å². The quantitative estimate of drug-likeness (QED) is 0.607. The summed E-state index contributed by atoms with van der Waals surface area (Å²) in [7, 11) is 1.45. The summed E-state index contributed by atoms with van der Waals surface area (Å²) >= 11 is 6.02. The van der Waals surface area contributed by atoms with Crippen molar-refractivity contribution >= 4 is 23.6 Å². The SMILES string of the molecule is CN(C(=O)O)C1CCc2c1cn(C(=O)c1cccc(Cl)c1)c2-c1ccc(F)cc1F. The Morgan fingerprint density at radius 3 is 2.63 bits per heavy atom. The first kappa shape index (κ1) is 20.1. The van der Waals surface area contributed by atoms with Gasteiger partial charge in [0.25, 0.3) is 5.91 Å². The smallest absolute Gasteiger partial charge is 0.407 e. The fourth-order valence-electron chi connectivity index (χ4n) is 3.98. The Balaban J connectivity index is 1.92. The van der Waals surface area contributed by atoms with Crippen molar-refractivity contribution in [3.63, 3.8) is 0 Å². The molecule has 1 heterocycles. The maximum atomic E-state index is 14.7. The number of rotatable bonds is 3. The summed E-state index contributed by atoms with van der Waals surface area (Å²) in [5.74, 6) is -1.97. The van der Waals surface area contributed by atoms with Gasteiger partial charge in [0, 0.05) is 35.5 Å². The number of nitrogens with zero attached hydrogens (tertiary/aromatic N) is 2. The molecule has 0 aliphatic heterocycles. The van der Waals surface area contributed by atoms with Crippen molar-refractivity contribution in [2.45, 2.75) is 18.9 Å². The largest absolute Gasteiger partial charge is 0.465 e. The predicted molar refractivity (Wildman–Crippen MR) is 108 cm³/mol. The number of hydrogen-bond acceptors (Lipinski definition) is 2. The molecule has 1 aliphatic rings. The second-order valence-electron chi connectivity index (χ2n) is 7.17. The van der Waals surface area contributed by atoms with E-state index in [0.29, 0.717) is 40.2 Å². The van der Waals surface area contributed by atoms with E-state index < -0.39 is 29.7 Å². The fraction of sp³-hybridized carbons (Fsp3) is 0.182. The maximum Gasteiger partial charge on any atom is 0.407 e. The third-order valence-corrected chi connectivity index (χ3v) is 5.65. The van der Waals surface area contributed by atoms with Crippen LogP contribution in [0.2, 0.25) is 5.02 Å². The molecule has 8 heteroatoms. The Hall–Kier alpha value is -3.19. The highest BCUT2D eigenvalue weighted by molar-refractivity contribution is 6.31. The van der Waals surface area contributed by atoms with E-state index >= 15 is 0 Å². The highest BCUT2D eigenvalue weighted by Gasteiger charge is 2.35. The van der Waals surface area contributed by atoms with Crippen LogP contribution in [-0.4, -0.2) is 33.6 Å². The third-order valence-electron chi connectivity index (χ3n) is 5.42. The minimum Gasteiger partial charge on any atom is -0.465 e. The highest BCUT2D eigenvalue weighted by atomic mass is 35.5. The fourth-order valence-corrected chi connectivity index (χ4v) is 4.17. The van der Waals surface area contributed by atoms with Crippen molar-refractivity contribution in [2.75, 3.05) is 7.05 Å². The van der Waals surface area contributed by atoms with Crippen LogP contribution in [0.5, 0.6) is 0 Å². The van der Waals surface area contributed by atoms with Gasteiger partial charge in [0.2, 0.25) is 0 Å². The molecular formula is C22H17ClF2N2O3. The summed E-state index contributed by atoms with van der Waals surface area (Å²) in [5.41, 5.74) is 1.98. The lowest BCUT2D eigenvalue weighted by atomic mass is 10.0. The number of benzene rings is 2. The molecule has 0 fully saturated rings. The van der Waals surface area contributed by atoms with Gasteiger partial charge in [-0.3, -0.25) is 9.36 Å². The van der Waals surface area contributed by atoms with E-state index in [2.05, 4.69) is 0 Å². The molecule has 5 nitrogen and oxygen atoms in total.